The molecule has 1 aliphatic heterocycles. The highest BCUT2D eigenvalue weighted by Crippen LogP contribution is 2.30. The van der Waals surface area contributed by atoms with Crippen molar-refractivity contribution in [2.45, 2.75) is 64.2 Å². The van der Waals surface area contributed by atoms with Gasteiger partial charge in [-0.25, -0.2) is 0 Å². The van der Waals surface area contributed by atoms with Gasteiger partial charge in [-0.3, -0.25) is 19.4 Å². The van der Waals surface area contributed by atoms with E-state index in [1.165, 1.54) is 36.9 Å². The van der Waals surface area contributed by atoms with Gasteiger partial charge in [0.25, 0.3) is 5.91 Å². The summed E-state index contributed by atoms with van der Waals surface area (Å²) in [6, 6.07) is 16.9. The molecule has 0 bridgehead atoms. The summed E-state index contributed by atoms with van der Waals surface area (Å²) in [5, 5.41) is 7.88. The highest BCUT2D eigenvalue weighted by molar-refractivity contribution is 5.94. The molecule has 5 rings (SSSR count). The van der Waals surface area contributed by atoms with Gasteiger partial charge in [0, 0.05) is 49.6 Å². The highest BCUT2D eigenvalue weighted by atomic mass is 16.2. The molecule has 1 saturated carbocycles. The number of hydrogen-bond acceptors (Lipinski definition) is 4. The van der Waals surface area contributed by atoms with Crippen LogP contribution in [0.3, 0.4) is 0 Å². The number of aromatic nitrogens is 3. The average Bonchev–Trinajstić information content (AvgIpc) is 3.51. The Bertz CT molecular complexity index is 1040. The number of amides is 1. The molecular weight excluding hydrogens is 398 g/mol. The zero-order chi connectivity index (χ0) is 21.8. The topological polar surface area (TPSA) is 63.1 Å². The van der Waals surface area contributed by atoms with Gasteiger partial charge in [-0.15, -0.1) is 0 Å². The number of carbonyl (C=O) groups is 1. The Kier molecular flexibility index (Phi) is 6.30. The summed E-state index contributed by atoms with van der Waals surface area (Å²) in [5.41, 5.74) is 5.09. The van der Waals surface area contributed by atoms with Crippen LogP contribution >= 0.6 is 0 Å². The third-order valence-electron chi connectivity index (χ3n) is 6.83. The van der Waals surface area contributed by atoms with Crippen molar-refractivity contribution in [2.75, 3.05) is 6.54 Å². The molecule has 166 valence electrons. The number of rotatable bonds is 7. The van der Waals surface area contributed by atoms with Crippen molar-refractivity contribution in [3.05, 3.63) is 82.9 Å². The van der Waals surface area contributed by atoms with Gasteiger partial charge in [-0.1, -0.05) is 49.2 Å². The van der Waals surface area contributed by atoms with E-state index < -0.39 is 0 Å². The SMILES string of the molecule is O=C(NCc1ccccn1)c1nn(CCc2ccccc2)c2c1CN(C1CCCC1)CC2. The zero-order valence-corrected chi connectivity index (χ0v) is 18.5. The van der Waals surface area contributed by atoms with E-state index in [4.69, 9.17) is 5.10 Å². The number of hydrogen-bond donors (Lipinski definition) is 1. The third-order valence-corrected chi connectivity index (χ3v) is 6.83. The van der Waals surface area contributed by atoms with Crippen LogP contribution in [-0.2, 0) is 32.5 Å². The molecule has 32 heavy (non-hydrogen) atoms. The molecule has 0 radical (unpaired) electrons. The number of nitrogens with one attached hydrogen (secondary N) is 1. The van der Waals surface area contributed by atoms with Gasteiger partial charge in [0.1, 0.15) is 0 Å². The minimum atomic E-state index is -0.0985. The van der Waals surface area contributed by atoms with E-state index in [9.17, 15) is 4.79 Å². The molecule has 2 aromatic heterocycles. The predicted molar refractivity (Wildman–Crippen MR) is 124 cm³/mol. The molecule has 6 heteroatoms. The van der Waals surface area contributed by atoms with Crippen LogP contribution in [0.4, 0.5) is 0 Å². The van der Waals surface area contributed by atoms with E-state index in [-0.39, 0.29) is 5.91 Å². The molecule has 1 aromatic carbocycles. The summed E-state index contributed by atoms with van der Waals surface area (Å²) in [6.45, 7) is 3.10. The van der Waals surface area contributed by atoms with Crippen molar-refractivity contribution < 1.29 is 4.79 Å². The monoisotopic (exact) mass is 429 g/mol. The van der Waals surface area contributed by atoms with Crippen LogP contribution in [0.15, 0.2) is 54.7 Å². The van der Waals surface area contributed by atoms with Gasteiger partial charge in [0.2, 0.25) is 0 Å². The lowest BCUT2D eigenvalue weighted by atomic mass is 10.0. The molecule has 1 N–H and O–H groups in total. The van der Waals surface area contributed by atoms with Crippen LogP contribution in [0.2, 0.25) is 0 Å². The predicted octanol–water partition coefficient (Wildman–Crippen LogP) is 3.75. The average molecular weight is 430 g/mol. The lowest BCUT2D eigenvalue weighted by Crippen LogP contribution is -2.38. The standard InChI is InChI=1S/C26H31N5O/c32-26(28-18-21-10-6-7-15-27-21)25-23-19-30(22-11-4-5-12-22)16-14-24(23)31(29-25)17-13-20-8-2-1-3-9-20/h1-3,6-10,15,22H,4-5,11-14,16-19H2,(H,28,32). The Morgan fingerprint density at radius 2 is 1.88 bits per heavy atom. The fraction of sp³-hybridized carbons (Fsp3) is 0.423. The van der Waals surface area contributed by atoms with Gasteiger partial charge < -0.3 is 5.32 Å². The Morgan fingerprint density at radius 1 is 1.06 bits per heavy atom. The van der Waals surface area contributed by atoms with Gasteiger partial charge in [0.05, 0.1) is 12.2 Å². The second-order valence-corrected chi connectivity index (χ2v) is 8.90. The van der Waals surface area contributed by atoms with Crippen molar-refractivity contribution >= 4 is 5.91 Å². The maximum atomic E-state index is 13.2. The second kappa shape index (κ2) is 9.65. The van der Waals surface area contributed by atoms with Crippen LogP contribution < -0.4 is 5.32 Å². The number of aryl methyl sites for hydroxylation is 2. The lowest BCUT2D eigenvalue weighted by molar-refractivity contribution is 0.0941. The Hall–Kier alpha value is -2.99. The first kappa shape index (κ1) is 20.9. The number of nitrogens with zero attached hydrogens (tertiary/aromatic N) is 4. The van der Waals surface area contributed by atoms with Crippen LogP contribution in [0.1, 0.15) is 58.7 Å². The summed E-state index contributed by atoms with van der Waals surface area (Å²) in [7, 11) is 0. The van der Waals surface area contributed by atoms with Gasteiger partial charge in [-0.05, 0) is 37.0 Å². The molecule has 2 aliphatic rings. The Labute approximate surface area is 189 Å². The van der Waals surface area contributed by atoms with Gasteiger partial charge >= 0.3 is 0 Å². The molecule has 0 atom stereocenters. The molecule has 3 heterocycles. The van der Waals surface area contributed by atoms with Crippen molar-refractivity contribution in [1.82, 2.24) is 25.0 Å². The van der Waals surface area contributed by atoms with Crippen LogP contribution in [0.5, 0.6) is 0 Å². The van der Waals surface area contributed by atoms with E-state index in [2.05, 4.69) is 44.1 Å². The maximum absolute atomic E-state index is 13.2. The van der Waals surface area contributed by atoms with E-state index in [0.29, 0.717) is 18.3 Å². The van der Waals surface area contributed by atoms with E-state index in [0.717, 1.165) is 43.7 Å². The molecule has 6 nitrogen and oxygen atoms in total. The van der Waals surface area contributed by atoms with E-state index >= 15 is 0 Å². The largest absolute Gasteiger partial charge is 0.345 e. The first-order valence-corrected chi connectivity index (χ1v) is 11.8. The smallest absolute Gasteiger partial charge is 0.272 e. The molecule has 1 fully saturated rings. The Balaban J connectivity index is 1.36. The molecule has 0 unspecified atom stereocenters. The van der Waals surface area contributed by atoms with Crippen LogP contribution in [-0.4, -0.2) is 38.2 Å². The first-order chi connectivity index (χ1) is 15.8. The fourth-order valence-electron chi connectivity index (χ4n) is 5.10. The second-order valence-electron chi connectivity index (χ2n) is 8.90. The molecule has 3 aromatic rings. The third kappa shape index (κ3) is 4.60. The highest BCUT2D eigenvalue weighted by Gasteiger charge is 2.32. The van der Waals surface area contributed by atoms with Crippen LogP contribution in [0, 0.1) is 0 Å². The molecule has 1 amide bonds. The fourth-order valence-corrected chi connectivity index (χ4v) is 5.10. The minimum absolute atomic E-state index is 0.0985. The maximum Gasteiger partial charge on any atom is 0.272 e. The van der Waals surface area contributed by atoms with Crippen LogP contribution in [0.25, 0.3) is 0 Å². The lowest BCUT2D eigenvalue weighted by Gasteiger charge is -2.32. The van der Waals surface area contributed by atoms with Crippen molar-refractivity contribution in [3.8, 4) is 0 Å². The minimum Gasteiger partial charge on any atom is -0.345 e. The molecule has 1 aliphatic carbocycles. The summed E-state index contributed by atoms with van der Waals surface area (Å²) in [6.07, 6.45) is 8.82. The number of pyridine rings is 1. The molecule has 0 saturated heterocycles. The summed E-state index contributed by atoms with van der Waals surface area (Å²) in [4.78, 5) is 20.1. The van der Waals surface area contributed by atoms with Gasteiger partial charge in [0.15, 0.2) is 5.69 Å². The molecule has 0 spiro atoms. The molecular formula is C26H31N5O. The van der Waals surface area contributed by atoms with Crippen molar-refractivity contribution in [2.24, 2.45) is 0 Å². The van der Waals surface area contributed by atoms with E-state index in [1.54, 1.807) is 6.20 Å². The van der Waals surface area contributed by atoms with E-state index in [1.807, 2.05) is 24.3 Å². The first-order valence-electron chi connectivity index (χ1n) is 11.8. The van der Waals surface area contributed by atoms with Crippen molar-refractivity contribution in [1.29, 1.82) is 0 Å². The van der Waals surface area contributed by atoms with Gasteiger partial charge in [-0.2, -0.15) is 5.10 Å². The Morgan fingerprint density at radius 3 is 2.66 bits per heavy atom. The number of fused-ring (bicyclic) bond motifs is 1. The number of benzene rings is 1. The number of carbonyl (C=O) groups excluding carboxylic acids is 1. The summed E-state index contributed by atoms with van der Waals surface area (Å²) < 4.78 is 2.09. The zero-order valence-electron chi connectivity index (χ0n) is 18.5. The summed E-state index contributed by atoms with van der Waals surface area (Å²) >= 11 is 0. The van der Waals surface area contributed by atoms with Crippen molar-refractivity contribution in [3.63, 3.8) is 0 Å². The quantitative estimate of drug-likeness (QED) is 0.621. The summed E-state index contributed by atoms with van der Waals surface area (Å²) in [5.74, 6) is -0.0985. The normalized spacial score (nSPS) is 16.8.